The average Bonchev–Trinajstić information content (AvgIpc) is 2.27. The lowest BCUT2D eigenvalue weighted by Gasteiger charge is -2.16. The van der Waals surface area contributed by atoms with E-state index in [0.29, 0.717) is 5.75 Å². The molecule has 0 saturated heterocycles. The van der Waals surface area contributed by atoms with Crippen LogP contribution >= 0.6 is 11.8 Å². The summed E-state index contributed by atoms with van der Waals surface area (Å²) in [6.07, 6.45) is 0. The molecule has 0 saturated carbocycles. The fourth-order valence-electron chi connectivity index (χ4n) is 1.69. The van der Waals surface area contributed by atoms with Gasteiger partial charge in [-0.1, -0.05) is 43.7 Å². The number of hydrogen-bond acceptors (Lipinski definition) is 3. The molecule has 3 nitrogen and oxygen atoms in total. The van der Waals surface area contributed by atoms with Crippen LogP contribution in [0.2, 0.25) is 0 Å². The molecule has 0 aliphatic heterocycles. The molecular formula is C14H21NO2S. The standard InChI is InChI=1S/C14H21NO2S/c1-10(2)15-13(14(16)17)9-18-8-12-6-4-5-11(3)7-12/h4-7,10,13,15H,8-9H2,1-3H3,(H,16,17). The summed E-state index contributed by atoms with van der Waals surface area (Å²) < 4.78 is 0. The molecule has 100 valence electrons. The minimum absolute atomic E-state index is 0.186. The number of nitrogens with one attached hydrogen (secondary N) is 1. The first-order valence-electron chi connectivity index (χ1n) is 6.11. The monoisotopic (exact) mass is 267 g/mol. The van der Waals surface area contributed by atoms with Gasteiger partial charge in [-0.3, -0.25) is 4.79 Å². The van der Waals surface area contributed by atoms with Crippen LogP contribution in [0.15, 0.2) is 24.3 Å². The SMILES string of the molecule is Cc1cccc(CSCC(NC(C)C)C(=O)O)c1. The van der Waals surface area contributed by atoms with Crippen LogP contribution in [0, 0.1) is 6.92 Å². The lowest BCUT2D eigenvalue weighted by atomic mass is 10.2. The lowest BCUT2D eigenvalue weighted by molar-refractivity contribution is -0.139. The van der Waals surface area contributed by atoms with Gasteiger partial charge in [0.15, 0.2) is 0 Å². The summed E-state index contributed by atoms with van der Waals surface area (Å²) in [5.41, 5.74) is 2.48. The highest BCUT2D eigenvalue weighted by Gasteiger charge is 2.17. The summed E-state index contributed by atoms with van der Waals surface area (Å²) in [5, 5.41) is 12.1. The molecule has 0 bridgehead atoms. The Labute approximate surface area is 113 Å². The van der Waals surface area contributed by atoms with Crippen molar-refractivity contribution in [3.05, 3.63) is 35.4 Å². The van der Waals surface area contributed by atoms with Crippen molar-refractivity contribution in [1.82, 2.24) is 5.32 Å². The molecule has 1 rings (SSSR count). The minimum atomic E-state index is -0.777. The summed E-state index contributed by atoms with van der Waals surface area (Å²) in [6.45, 7) is 5.98. The Kier molecular flexibility index (Phi) is 6.22. The van der Waals surface area contributed by atoms with Crippen LogP contribution in [0.1, 0.15) is 25.0 Å². The van der Waals surface area contributed by atoms with Gasteiger partial charge in [0.1, 0.15) is 6.04 Å². The third-order valence-corrected chi connectivity index (χ3v) is 3.57. The van der Waals surface area contributed by atoms with E-state index in [0.717, 1.165) is 5.75 Å². The molecule has 0 aromatic heterocycles. The molecule has 0 aliphatic carbocycles. The summed E-state index contributed by atoms with van der Waals surface area (Å²) in [6, 6.07) is 8.02. The van der Waals surface area contributed by atoms with Gasteiger partial charge in [0, 0.05) is 17.5 Å². The molecule has 0 amide bonds. The Morgan fingerprint density at radius 2 is 2.17 bits per heavy atom. The van der Waals surface area contributed by atoms with E-state index in [1.54, 1.807) is 11.8 Å². The zero-order chi connectivity index (χ0) is 13.5. The molecule has 0 aliphatic rings. The molecule has 1 atom stereocenters. The molecule has 1 unspecified atom stereocenters. The molecule has 0 spiro atoms. The molecule has 0 radical (unpaired) electrons. The third kappa shape index (κ3) is 5.56. The highest BCUT2D eigenvalue weighted by molar-refractivity contribution is 7.98. The van der Waals surface area contributed by atoms with Crippen LogP contribution in [-0.4, -0.2) is 28.9 Å². The summed E-state index contributed by atoms with van der Waals surface area (Å²) in [4.78, 5) is 11.1. The van der Waals surface area contributed by atoms with Gasteiger partial charge < -0.3 is 10.4 Å². The van der Waals surface area contributed by atoms with Gasteiger partial charge in [-0.15, -0.1) is 0 Å². The Morgan fingerprint density at radius 1 is 1.44 bits per heavy atom. The number of carboxylic acids is 1. The molecule has 4 heteroatoms. The summed E-state index contributed by atoms with van der Waals surface area (Å²) >= 11 is 1.65. The molecule has 1 aromatic carbocycles. The lowest BCUT2D eigenvalue weighted by Crippen LogP contribution is -2.42. The van der Waals surface area contributed by atoms with Crippen LogP contribution < -0.4 is 5.32 Å². The maximum absolute atomic E-state index is 11.1. The van der Waals surface area contributed by atoms with Gasteiger partial charge in [0.25, 0.3) is 0 Å². The second-order valence-electron chi connectivity index (χ2n) is 4.72. The highest BCUT2D eigenvalue weighted by Crippen LogP contribution is 2.14. The largest absolute Gasteiger partial charge is 0.480 e. The molecule has 2 N–H and O–H groups in total. The number of hydrogen-bond donors (Lipinski definition) is 2. The number of carboxylic acid groups (broad SMARTS) is 1. The molecule has 0 heterocycles. The van der Waals surface area contributed by atoms with Crippen molar-refractivity contribution < 1.29 is 9.90 Å². The fraction of sp³-hybridized carbons (Fsp3) is 0.500. The van der Waals surface area contributed by atoms with E-state index in [2.05, 4.69) is 30.4 Å². The van der Waals surface area contributed by atoms with Gasteiger partial charge in [-0.25, -0.2) is 0 Å². The van der Waals surface area contributed by atoms with Gasteiger partial charge in [0.2, 0.25) is 0 Å². The van der Waals surface area contributed by atoms with Crippen LogP contribution in [0.25, 0.3) is 0 Å². The normalized spacial score (nSPS) is 12.7. The van der Waals surface area contributed by atoms with Crippen LogP contribution in [0.4, 0.5) is 0 Å². The Morgan fingerprint density at radius 3 is 2.72 bits per heavy atom. The van der Waals surface area contributed by atoms with Crippen molar-refractivity contribution in [3.8, 4) is 0 Å². The van der Waals surface area contributed by atoms with E-state index in [-0.39, 0.29) is 6.04 Å². The predicted molar refractivity (Wildman–Crippen MR) is 77.0 cm³/mol. The topological polar surface area (TPSA) is 49.3 Å². The van der Waals surface area contributed by atoms with E-state index in [9.17, 15) is 4.79 Å². The van der Waals surface area contributed by atoms with Crippen LogP contribution in [0.3, 0.4) is 0 Å². The van der Waals surface area contributed by atoms with Crippen molar-refractivity contribution in [1.29, 1.82) is 0 Å². The number of carbonyl (C=O) groups is 1. The number of aryl methyl sites for hydroxylation is 1. The van der Waals surface area contributed by atoms with Gasteiger partial charge in [0.05, 0.1) is 0 Å². The number of thioether (sulfide) groups is 1. The smallest absolute Gasteiger partial charge is 0.321 e. The minimum Gasteiger partial charge on any atom is -0.480 e. The predicted octanol–water partition coefficient (Wildman–Crippen LogP) is 2.68. The molecular weight excluding hydrogens is 246 g/mol. The fourth-order valence-corrected chi connectivity index (χ4v) is 2.70. The zero-order valence-corrected chi connectivity index (χ0v) is 12.0. The van der Waals surface area contributed by atoms with Gasteiger partial charge >= 0.3 is 5.97 Å². The number of benzene rings is 1. The van der Waals surface area contributed by atoms with E-state index in [1.165, 1.54) is 11.1 Å². The Hall–Kier alpha value is -1.00. The quantitative estimate of drug-likeness (QED) is 0.797. The Balaban J connectivity index is 2.41. The van der Waals surface area contributed by atoms with Crippen LogP contribution in [0.5, 0.6) is 0 Å². The van der Waals surface area contributed by atoms with Crippen molar-refractivity contribution in [3.63, 3.8) is 0 Å². The third-order valence-electron chi connectivity index (χ3n) is 2.47. The highest BCUT2D eigenvalue weighted by atomic mass is 32.2. The first-order chi connectivity index (χ1) is 8.49. The van der Waals surface area contributed by atoms with Crippen molar-refractivity contribution >= 4 is 17.7 Å². The number of aliphatic carboxylic acids is 1. The van der Waals surface area contributed by atoms with E-state index in [1.807, 2.05) is 19.9 Å². The average molecular weight is 267 g/mol. The van der Waals surface area contributed by atoms with E-state index in [4.69, 9.17) is 5.11 Å². The Bertz CT molecular complexity index is 393. The van der Waals surface area contributed by atoms with Gasteiger partial charge in [-0.05, 0) is 12.5 Å². The van der Waals surface area contributed by atoms with E-state index >= 15 is 0 Å². The van der Waals surface area contributed by atoms with Crippen molar-refractivity contribution in [2.24, 2.45) is 0 Å². The van der Waals surface area contributed by atoms with Crippen molar-refractivity contribution in [2.45, 2.75) is 38.6 Å². The second kappa shape index (κ2) is 7.44. The van der Waals surface area contributed by atoms with E-state index < -0.39 is 12.0 Å². The second-order valence-corrected chi connectivity index (χ2v) is 5.75. The summed E-state index contributed by atoms with van der Waals surface area (Å²) in [7, 11) is 0. The molecule has 1 aromatic rings. The maximum Gasteiger partial charge on any atom is 0.321 e. The molecule has 0 fully saturated rings. The van der Waals surface area contributed by atoms with Crippen molar-refractivity contribution in [2.75, 3.05) is 5.75 Å². The summed E-state index contributed by atoms with van der Waals surface area (Å²) in [5.74, 6) is 0.660. The van der Waals surface area contributed by atoms with Gasteiger partial charge in [-0.2, -0.15) is 11.8 Å². The zero-order valence-electron chi connectivity index (χ0n) is 11.1. The maximum atomic E-state index is 11.1. The first-order valence-corrected chi connectivity index (χ1v) is 7.26. The molecule has 18 heavy (non-hydrogen) atoms. The van der Waals surface area contributed by atoms with Crippen LogP contribution in [-0.2, 0) is 10.5 Å². The first kappa shape index (κ1) is 15.1. The number of rotatable bonds is 7.